The van der Waals surface area contributed by atoms with Crippen molar-refractivity contribution in [2.24, 2.45) is 0 Å². The van der Waals surface area contributed by atoms with Crippen molar-refractivity contribution in [1.82, 2.24) is 0 Å². The van der Waals surface area contributed by atoms with Gasteiger partial charge in [0.1, 0.15) is 4.90 Å². The van der Waals surface area contributed by atoms with Crippen molar-refractivity contribution in [3.63, 3.8) is 0 Å². The molecular weight excluding hydrogens is 428 g/mol. The summed E-state index contributed by atoms with van der Waals surface area (Å²) in [5.41, 5.74) is 2.96. The molecule has 0 saturated carbocycles. The van der Waals surface area contributed by atoms with E-state index in [1.54, 1.807) is 23.1 Å². The van der Waals surface area contributed by atoms with Crippen molar-refractivity contribution < 1.29 is 13.2 Å². The molecule has 7 heteroatoms. The van der Waals surface area contributed by atoms with E-state index in [1.165, 1.54) is 6.92 Å². The third-order valence-corrected chi connectivity index (χ3v) is 6.63. The monoisotopic (exact) mass is 450 g/mol. The summed E-state index contributed by atoms with van der Waals surface area (Å²) < 4.78 is 29.6. The Morgan fingerprint density at radius 1 is 1.22 bits per heavy atom. The van der Waals surface area contributed by atoms with Gasteiger partial charge >= 0.3 is 0 Å². The minimum absolute atomic E-state index is 0.0777. The lowest BCUT2D eigenvalue weighted by molar-refractivity contribution is -0.116. The van der Waals surface area contributed by atoms with E-state index >= 15 is 0 Å². The molecule has 1 aliphatic heterocycles. The second-order valence-corrected chi connectivity index (χ2v) is 9.80. The predicted octanol–water partition coefficient (Wildman–Crippen LogP) is 4.67. The van der Waals surface area contributed by atoms with E-state index in [9.17, 15) is 13.2 Å². The summed E-state index contributed by atoms with van der Waals surface area (Å²) >= 11 is 3.40. The van der Waals surface area contributed by atoms with E-state index in [-0.39, 0.29) is 16.8 Å². The first-order chi connectivity index (χ1) is 12.6. The number of hydrogen-bond acceptors (Lipinski definition) is 3. The molecule has 0 unspecified atom stereocenters. The lowest BCUT2D eigenvalue weighted by Gasteiger charge is -2.23. The van der Waals surface area contributed by atoms with Gasteiger partial charge in [-0.15, -0.1) is 0 Å². The third-order valence-electron chi connectivity index (χ3n) is 4.77. The maximum Gasteiger partial charge on any atom is 0.264 e. The van der Waals surface area contributed by atoms with Crippen LogP contribution in [0.15, 0.2) is 45.8 Å². The van der Waals surface area contributed by atoms with Crippen molar-refractivity contribution in [3.8, 4) is 0 Å². The van der Waals surface area contributed by atoms with Gasteiger partial charge in [0.05, 0.1) is 5.69 Å². The van der Waals surface area contributed by atoms with E-state index in [4.69, 9.17) is 0 Å². The highest BCUT2D eigenvalue weighted by atomic mass is 79.9. The Morgan fingerprint density at radius 3 is 2.41 bits per heavy atom. The Kier molecular flexibility index (Phi) is 5.36. The fourth-order valence-corrected chi connectivity index (χ4v) is 5.49. The molecule has 0 bridgehead atoms. The largest absolute Gasteiger partial charge is 0.308 e. The molecule has 1 heterocycles. The van der Waals surface area contributed by atoms with Gasteiger partial charge in [-0.2, -0.15) is 0 Å². The standard InChI is InChI=1S/C20H23BrN2O3S/c1-12(2)15-5-7-18(8-6-15)22-27(25,26)19-11-17(21)10-16-9-13(3)23(14(4)24)20(16)19/h5-8,10-13,22H,9H2,1-4H3/t13-/m0/s1. The Morgan fingerprint density at radius 2 is 1.85 bits per heavy atom. The van der Waals surface area contributed by atoms with Crippen molar-refractivity contribution in [1.29, 1.82) is 0 Å². The highest BCUT2D eigenvalue weighted by Gasteiger charge is 2.35. The van der Waals surface area contributed by atoms with Crippen molar-refractivity contribution in [2.75, 3.05) is 9.62 Å². The SMILES string of the molecule is CC(=O)N1c2c(cc(Br)cc2S(=O)(=O)Nc2ccc(C(C)C)cc2)C[C@@H]1C. The number of amides is 1. The number of sulfonamides is 1. The van der Waals surface area contributed by atoms with E-state index in [0.29, 0.717) is 28.2 Å². The van der Waals surface area contributed by atoms with Crippen LogP contribution in [0.5, 0.6) is 0 Å². The molecule has 1 N–H and O–H groups in total. The highest BCUT2D eigenvalue weighted by Crippen LogP contribution is 2.40. The van der Waals surface area contributed by atoms with Crippen LogP contribution in [0.4, 0.5) is 11.4 Å². The number of benzene rings is 2. The summed E-state index contributed by atoms with van der Waals surface area (Å²) in [6.45, 7) is 7.55. The Balaban J connectivity index is 2.04. The maximum atomic E-state index is 13.1. The number of rotatable bonds is 4. The van der Waals surface area contributed by atoms with Crippen LogP contribution in [0.1, 0.15) is 44.7 Å². The molecule has 0 radical (unpaired) electrons. The summed E-state index contributed by atoms with van der Waals surface area (Å²) in [5, 5.41) is 0. The van der Waals surface area contributed by atoms with Gasteiger partial charge in [-0.1, -0.05) is 41.9 Å². The molecule has 144 valence electrons. The van der Waals surface area contributed by atoms with Gasteiger partial charge in [-0.25, -0.2) is 8.42 Å². The fraction of sp³-hybridized carbons (Fsp3) is 0.350. The van der Waals surface area contributed by atoms with E-state index in [1.807, 2.05) is 25.1 Å². The summed E-state index contributed by atoms with van der Waals surface area (Å²) in [6.07, 6.45) is 0.625. The van der Waals surface area contributed by atoms with E-state index in [2.05, 4.69) is 34.5 Å². The number of carbonyl (C=O) groups is 1. The minimum Gasteiger partial charge on any atom is -0.308 e. The molecule has 27 heavy (non-hydrogen) atoms. The average Bonchev–Trinajstić information content (AvgIpc) is 2.89. The number of halogens is 1. The van der Waals surface area contributed by atoms with Gasteiger partial charge in [0.2, 0.25) is 5.91 Å². The van der Waals surface area contributed by atoms with E-state index in [0.717, 1.165) is 11.1 Å². The highest BCUT2D eigenvalue weighted by molar-refractivity contribution is 9.10. The molecule has 2 aromatic rings. The zero-order valence-electron chi connectivity index (χ0n) is 15.8. The van der Waals surface area contributed by atoms with Gasteiger partial charge in [-0.05, 0) is 54.7 Å². The molecule has 1 atom stereocenters. The van der Waals surface area contributed by atoms with Gasteiger partial charge in [-0.3, -0.25) is 9.52 Å². The lowest BCUT2D eigenvalue weighted by Crippen LogP contribution is -2.34. The number of fused-ring (bicyclic) bond motifs is 1. The van der Waals surface area contributed by atoms with Crippen LogP contribution in [0, 0.1) is 0 Å². The van der Waals surface area contributed by atoms with Gasteiger partial charge < -0.3 is 4.90 Å². The molecule has 1 amide bonds. The van der Waals surface area contributed by atoms with Crippen LogP contribution in [-0.4, -0.2) is 20.4 Å². The first kappa shape index (κ1) is 19.9. The molecular formula is C20H23BrN2O3S. The van der Waals surface area contributed by atoms with Gasteiger partial charge in [0.25, 0.3) is 10.0 Å². The Hall–Kier alpha value is -1.86. The Labute approximate surface area is 169 Å². The fourth-order valence-electron chi connectivity index (χ4n) is 3.51. The zero-order chi connectivity index (χ0) is 19.9. The van der Waals surface area contributed by atoms with Crippen LogP contribution in [0.2, 0.25) is 0 Å². The molecule has 0 saturated heterocycles. The zero-order valence-corrected chi connectivity index (χ0v) is 18.2. The molecule has 3 rings (SSSR count). The summed E-state index contributed by atoms with van der Waals surface area (Å²) in [4.78, 5) is 13.8. The Bertz CT molecular complexity index is 985. The topological polar surface area (TPSA) is 66.5 Å². The average molecular weight is 451 g/mol. The van der Waals surface area contributed by atoms with Crippen molar-refractivity contribution >= 4 is 43.2 Å². The number of nitrogens with zero attached hydrogens (tertiary/aromatic N) is 1. The van der Waals surface area contributed by atoms with Crippen molar-refractivity contribution in [2.45, 2.75) is 51.0 Å². The van der Waals surface area contributed by atoms with Crippen molar-refractivity contribution in [3.05, 3.63) is 52.0 Å². The van der Waals surface area contributed by atoms with E-state index < -0.39 is 10.0 Å². The van der Waals surface area contributed by atoms with Crippen LogP contribution < -0.4 is 9.62 Å². The van der Waals surface area contributed by atoms with Gasteiger partial charge in [0.15, 0.2) is 0 Å². The first-order valence-corrected chi connectivity index (χ1v) is 11.1. The second-order valence-electron chi connectivity index (χ2n) is 7.24. The van der Waals surface area contributed by atoms with Gasteiger partial charge in [0, 0.05) is 23.1 Å². The molecule has 5 nitrogen and oxygen atoms in total. The number of hydrogen-bond donors (Lipinski definition) is 1. The molecule has 0 spiro atoms. The molecule has 0 fully saturated rings. The summed E-state index contributed by atoms with van der Waals surface area (Å²) in [6, 6.07) is 10.7. The van der Waals surface area contributed by atoms with Crippen LogP contribution in [0.3, 0.4) is 0 Å². The van der Waals surface area contributed by atoms with Crippen LogP contribution in [0.25, 0.3) is 0 Å². The first-order valence-electron chi connectivity index (χ1n) is 8.85. The molecule has 0 aromatic heterocycles. The molecule has 0 aliphatic carbocycles. The summed E-state index contributed by atoms with van der Waals surface area (Å²) in [5.74, 6) is 0.205. The quantitative estimate of drug-likeness (QED) is 0.735. The number of carbonyl (C=O) groups excluding carboxylic acids is 1. The maximum absolute atomic E-state index is 13.1. The third kappa shape index (κ3) is 3.89. The number of anilines is 2. The molecule has 2 aromatic carbocycles. The summed E-state index contributed by atoms with van der Waals surface area (Å²) in [7, 11) is -3.86. The smallest absolute Gasteiger partial charge is 0.264 e. The predicted molar refractivity (Wildman–Crippen MR) is 112 cm³/mol. The molecule has 1 aliphatic rings. The van der Waals surface area contributed by atoms with Crippen LogP contribution >= 0.6 is 15.9 Å². The minimum atomic E-state index is -3.86. The lowest BCUT2D eigenvalue weighted by atomic mass is 10.0. The van der Waals surface area contributed by atoms with Crippen LogP contribution in [-0.2, 0) is 21.2 Å². The second kappa shape index (κ2) is 7.28. The normalized spacial score (nSPS) is 16.5. The number of nitrogens with one attached hydrogen (secondary N) is 1.